The van der Waals surface area contributed by atoms with E-state index in [1.807, 2.05) is 31.2 Å². The number of carbonyl (C=O) groups is 2. The zero-order valence-corrected chi connectivity index (χ0v) is 15.6. The van der Waals surface area contributed by atoms with Crippen molar-refractivity contribution < 1.29 is 9.59 Å². The molecule has 2 N–H and O–H groups in total. The van der Waals surface area contributed by atoms with Crippen molar-refractivity contribution in [2.75, 3.05) is 5.32 Å². The number of nitrogens with zero attached hydrogens (tertiary/aromatic N) is 2. The first-order valence-corrected chi connectivity index (χ1v) is 8.72. The summed E-state index contributed by atoms with van der Waals surface area (Å²) >= 11 is 0. The van der Waals surface area contributed by atoms with Gasteiger partial charge in [0.15, 0.2) is 0 Å². The number of amides is 2. The topological polar surface area (TPSA) is 93.1 Å². The Morgan fingerprint density at radius 3 is 2.39 bits per heavy atom. The summed E-state index contributed by atoms with van der Waals surface area (Å²) in [5.74, 6) is -0.806. The van der Waals surface area contributed by atoms with Gasteiger partial charge in [-0.05, 0) is 30.7 Å². The number of benzene rings is 2. The van der Waals surface area contributed by atoms with Gasteiger partial charge in [0.05, 0.1) is 11.3 Å². The highest BCUT2D eigenvalue weighted by Gasteiger charge is 2.15. The molecule has 7 nitrogen and oxygen atoms in total. The van der Waals surface area contributed by atoms with E-state index in [0.717, 1.165) is 15.8 Å². The normalized spacial score (nSPS) is 10.4. The van der Waals surface area contributed by atoms with E-state index in [4.69, 9.17) is 0 Å². The van der Waals surface area contributed by atoms with Crippen molar-refractivity contribution in [3.63, 3.8) is 0 Å². The molecule has 0 fully saturated rings. The van der Waals surface area contributed by atoms with Gasteiger partial charge >= 0.3 is 0 Å². The first-order valence-electron chi connectivity index (χ1n) is 8.72. The Morgan fingerprint density at radius 1 is 0.964 bits per heavy atom. The highest BCUT2D eigenvalue weighted by Crippen LogP contribution is 2.16. The van der Waals surface area contributed by atoms with Crippen LogP contribution in [0.5, 0.6) is 0 Å². The van der Waals surface area contributed by atoms with Crippen LogP contribution in [0.15, 0.2) is 65.5 Å². The number of aromatic nitrogens is 2. The van der Waals surface area contributed by atoms with Gasteiger partial charge in [-0.1, -0.05) is 42.0 Å². The zero-order valence-electron chi connectivity index (χ0n) is 15.6. The predicted molar refractivity (Wildman–Crippen MR) is 106 cm³/mol. The maximum Gasteiger partial charge on any atom is 0.276 e. The van der Waals surface area contributed by atoms with Crippen LogP contribution in [-0.4, -0.2) is 21.6 Å². The van der Waals surface area contributed by atoms with Crippen LogP contribution in [0.25, 0.3) is 0 Å². The molecule has 2 amide bonds. The minimum absolute atomic E-state index is 0.0805. The van der Waals surface area contributed by atoms with Crippen LogP contribution in [0.2, 0.25) is 0 Å². The van der Waals surface area contributed by atoms with Crippen LogP contribution < -0.4 is 16.2 Å². The highest BCUT2D eigenvalue weighted by atomic mass is 16.2. The molecule has 0 radical (unpaired) electrons. The molecule has 0 saturated heterocycles. The number of carbonyl (C=O) groups excluding carboxylic acids is 2. The number of rotatable bonds is 5. The van der Waals surface area contributed by atoms with E-state index in [9.17, 15) is 14.4 Å². The highest BCUT2D eigenvalue weighted by molar-refractivity contribution is 6.08. The molecule has 28 heavy (non-hydrogen) atoms. The molecule has 2 aromatic carbocycles. The van der Waals surface area contributed by atoms with E-state index in [1.54, 1.807) is 24.3 Å². The molecule has 0 spiro atoms. The van der Waals surface area contributed by atoms with Gasteiger partial charge < -0.3 is 10.6 Å². The lowest BCUT2D eigenvalue weighted by atomic mass is 10.1. The molecule has 3 aromatic rings. The van der Waals surface area contributed by atoms with Crippen molar-refractivity contribution in [1.82, 2.24) is 15.1 Å². The molecule has 0 bridgehead atoms. The third-order valence-electron chi connectivity index (χ3n) is 4.19. The lowest BCUT2D eigenvalue weighted by Gasteiger charge is -2.11. The van der Waals surface area contributed by atoms with E-state index in [-0.39, 0.29) is 17.2 Å². The number of para-hydroxylation sites is 1. The average molecular weight is 376 g/mol. The smallest absolute Gasteiger partial charge is 0.276 e. The Morgan fingerprint density at radius 2 is 1.68 bits per heavy atom. The SMILES string of the molecule is Cc1ccc(CNC(=O)c2ccccc2NC(=O)c2ccc(=O)n(C)n2)cc1. The lowest BCUT2D eigenvalue weighted by molar-refractivity contribution is 0.0952. The summed E-state index contributed by atoms with van der Waals surface area (Å²) in [6, 6.07) is 17.2. The van der Waals surface area contributed by atoms with Gasteiger partial charge in [0.1, 0.15) is 5.69 Å². The molecule has 1 heterocycles. The zero-order chi connectivity index (χ0) is 20.1. The van der Waals surface area contributed by atoms with Gasteiger partial charge in [0.25, 0.3) is 17.4 Å². The van der Waals surface area contributed by atoms with Crippen LogP contribution in [0.4, 0.5) is 5.69 Å². The molecule has 0 aliphatic carbocycles. The summed E-state index contributed by atoms with van der Waals surface area (Å²) in [4.78, 5) is 36.5. The summed E-state index contributed by atoms with van der Waals surface area (Å²) in [7, 11) is 1.46. The second kappa shape index (κ2) is 8.30. The quantitative estimate of drug-likeness (QED) is 0.714. The summed E-state index contributed by atoms with van der Waals surface area (Å²) in [6.07, 6.45) is 0. The lowest BCUT2D eigenvalue weighted by Crippen LogP contribution is -2.26. The molecule has 0 unspecified atom stereocenters. The second-order valence-electron chi connectivity index (χ2n) is 6.35. The largest absolute Gasteiger partial charge is 0.348 e. The number of aryl methyl sites for hydroxylation is 2. The fourth-order valence-electron chi connectivity index (χ4n) is 2.58. The first kappa shape index (κ1) is 19.0. The monoisotopic (exact) mass is 376 g/mol. The van der Waals surface area contributed by atoms with E-state index in [1.165, 1.54) is 19.2 Å². The molecule has 0 aliphatic heterocycles. The molecule has 0 saturated carbocycles. The van der Waals surface area contributed by atoms with Gasteiger partial charge in [0.2, 0.25) is 0 Å². The Balaban J connectivity index is 1.73. The van der Waals surface area contributed by atoms with Crippen LogP contribution >= 0.6 is 0 Å². The van der Waals surface area contributed by atoms with Crippen LogP contribution in [0.3, 0.4) is 0 Å². The fraction of sp³-hybridized carbons (Fsp3) is 0.143. The Labute approximate surface area is 162 Å². The van der Waals surface area contributed by atoms with E-state index in [2.05, 4.69) is 15.7 Å². The first-order chi connectivity index (χ1) is 13.4. The number of hydrogen-bond donors (Lipinski definition) is 2. The van der Waals surface area contributed by atoms with E-state index < -0.39 is 5.91 Å². The Bertz CT molecular complexity index is 1070. The summed E-state index contributed by atoms with van der Waals surface area (Å²) < 4.78 is 1.08. The van der Waals surface area contributed by atoms with Crippen molar-refractivity contribution in [2.45, 2.75) is 13.5 Å². The van der Waals surface area contributed by atoms with Crippen molar-refractivity contribution in [3.8, 4) is 0 Å². The third kappa shape index (κ3) is 4.50. The molecular weight excluding hydrogens is 356 g/mol. The number of hydrogen-bond acceptors (Lipinski definition) is 4. The summed E-state index contributed by atoms with van der Waals surface area (Å²) in [5.41, 5.74) is 2.60. The van der Waals surface area contributed by atoms with Crippen LogP contribution in [-0.2, 0) is 13.6 Å². The minimum atomic E-state index is -0.505. The Kier molecular flexibility index (Phi) is 5.64. The summed E-state index contributed by atoms with van der Waals surface area (Å²) in [5, 5.41) is 9.45. The van der Waals surface area contributed by atoms with Gasteiger partial charge in [-0.3, -0.25) is 14.4 Å². The molecule has 7 heteroatoms. The van der Waals surface area contributed by atoms with E-state index in [0.29, 0.717) is 17.8 Å². The van der Waals surface area contributed by atoms with Crippen molar-refractivity contribution in [2.24, 2.45) is 7.05 Å². The molecular formula is C21H20N4O3. The fourth-order valence-corrected chi connectivity index (χ4v) is 2.58. The molecule has 142 valence electrons. The van der Waals surface area contributed by atoms with Crippen LogP contribution in [0.1, 0.15) is 32.0 Å². The number of nitrogens with one attached hydrogen (secondary N) is 2. The second-order valence-corrected chi connectivity index (χ2v) is 6.35. The molecule has 0 aliphatic rings. The van der Waals surface area contributed by atoms with Gasteiger partial charge in [-0.2, -0.15) is 5.10 Å². The predicted octanol–water partition coefficient (Wildman–Crippen LogP) is 2.27. The standard InChI is InChI=1S/C21H20N4O3/c1-14-7-9-15(10-8-14)13-22-20(27)16-5-3-4-6-17(16)23-21(28)18-11-12-19(26)25(2)24-18/h3-12H,13H2,1-2H3,(H,22,27)(H,23,28). The molecule has 0 atom stereocenters. The van der Waals surface area contributed by atoms with Crippen molar-refractivity contribution in [3.05, 3.63) is 93.4 Å². The minimum Gasteiger partial charge on any atom is -0.348 e. The van der Waals surface area contributed by atoms with Crippen molar-refractivity contribution in [1.29, 1.82) is 0 Å². The number of anilines is 1. The van der Waals surface area contributed by atoms with Gasteiger partial charge in [-0.15, -0.1) is 0 Å². The average Bonchev–Trinajstić information content (AvgIpc) is 2.69. The van der Waals surface area contributed by atoms with Crippen molar-refractivity contribution >= 4 is 17.5 Å². The molecule has 1 aromatic heterocycles. The Hall–Kier alpha value is -3.74. The summed E-state index contributed by atoms with van der Waals surface area (Å²) in [6.45, 7) is 2.38. The maximum atomic E-state index is 12.6. The van der Waals surface area contributed by atoms with Gasteiger partial charge in [0, 0.05) is 19.7 Å². The maximum absolute atomic E-state index is 12.6. The molecule has 3 rings (SSSR count). The van der Waals surface area contributed by atoms with Gasteiger partial charge in [-0.25, -0.2) is 4.68 Å². The van der Waals surface area contributed by atoms with E-state index >= 15 is 0 Å². The third-order valence-corrected chi connectivity index (χ3v) is 4.19. The van der Waals surface area contributed by atoms with Crippen LogP contribution in [0, 0.1) is 6.92 Å².